The number of aromatic nitrogens is 1. The van der Waals surface area contributed by atoms with Gasteiger partial charge < -0.3 is 9.73 Å². The maximum Gasteiger partial charge on any atom is 0.249 e. The van der Waals surface area contributed by atoms with E-state index in [0.29, 0.717) is 16.6 Å². The Morgan fingerprint density at radius 2 is 2.29 bits per heavy atom. The lowest BCUT2D eigenvalue weighted by Gasteiger charge is -1.99. The quantitative estimate of drug-likeness (QED) is 0.850. The first-order valence-corrected chi connectivity index (χ1v) is 5.26. The number of nitrogens with zero attached hydrogens (tertiary/aromatic N) is 1. The zero-order valence-electron chi connectivity index (χ0n) is 8.76. The van der Waals surface area contributed by atoms with Crippen molar-refractivity contribution < 1.29 is 9.21 Å². The third-order valence-corrected chi connectivity index (χ3v) is 2.14. The molecule has 2 rings (SSSR count). The second-order valence-corrected chi connectivity index (χ2v) is 3.64. The number of furan rings is 1. The van der Waals surface area contributed by atoms with Gasteiger partial charge in [-0.25, -0.2) is 4.98 Å². The lowest BCUT2D eigenvalue weighted by molar-refractivity contribution is -0.111. The van der Waals surface area contributed by atoms with Crippen LogP contribution in [0.5, 0.6) is 0 Å². The predicted molar refractivity (Wildman–Crippen MR) is 65.6 cm³/mol. The molecule has 2 heterocycles. The Morgan fingerprint density at radius 1 is 1.41 bits per heavy atom. The maximum absolute atomic E-state index is 11.5. The van der Waals surface area contributed by atoms with Crippen molar-refractivity contribution in [3.63, 3.8) is 0 Å². The molecule has 0 saturated carbocycles. The number of hydrogen-bond acceptors (Lipinski definition) is 3. The van der Waals surface area contributed by atoms with Gasteiger partial charge in [-0.05, 0) is 30.3 Å². The summed E-state index contributed by atoms with van der Waals surface area (Å²) in [7, 11) is 0. The van der Waals surface area contributed by atoms with Crippen LogP contribution in [-0.4, -0.2) is 10.9 Å². The van der Waals surface area contributed by atoms with E-state index in [1.165, 1.54) is 12.3 Å². The van der Waals surface area contributed by atoms with Crippen LogP contribution in [0.1, 0.15) is 5.76 Å². The Hall–Kier alpha value is -2.07. The third-order valence-electron chi connectivity index (χ3n) is 1.92. The highest BCUT2D eigenvalue weighted by atomic mass is 35.5. The Bertz CT molecular complexity index is 518. The Balaban J connectivity index is 1.95. The van der Waals surface area contributed by atoms with E-state index in [-0.39, 0.29) is 5.91 Å². The highest BCUT2D eigenvalue weighted by Gasteiger charge is 1.99. The number of anilines is 1. The summed E-state index contributed by atoms with van der Waals surface area (Å²) in [6.07, 6.45) is 5.95. The monoisotopic (exact) mass is 248 g/mol. The van der Waals surface area contributed by atoms with Crippen LogP contribution in [0.4, 0.5) is 5.82 Å². The van der Waals surface area contributed by atoms with E-state index in [1.54, 1.807) is 36.6 Å². The van der Waals surface area contributed by atoms with Crippen LogP contribution in [0.15, 0.2) is 47.2 Å². The number of nitrogens with one attached hydrogen (secondary N) is 1. The Labute approximate surface area is 103 Å². The number of hydrogen-bond donors (Lipinski definition) is 1. The van der Waals surface area contributed by atoms with Gasteiger partial charge in [-0.15, -0.1) is 0 Å². The van der Waals surface area contributed by atoms with Gasteiger partial charge >= 0.3 is 0 Å². The summed E-state index contributed by atoms with van der Waals surface area (Å²) in [6.45, 7) is 0. The standard InChI is InChI=1S/C12H9ClN2O2/c13-9-3-5-11(14-8-9)15-12(16)6-4-10-2-1-7-17-10/h1-8H,(H,14,15,16)/b6-4+. The lowest BCUT2D eigenvalue weighted by atomic mass is 10.4. The highest BCUT2D eigenvalue weighted by molar-refractivity contribution is 6.30. The molecule has 1 amide bonds. The van der Waals surface area contributed by atoms with Crippen LogP contribution < -0.4 is 5.32 Å². The molecule has 0 saturated heterocycles. The van der Waals surface area contributed by atoms with E-state index in [9.17, 15) is 4.79 Å². The molecule has 0 fully saturated rings. The number of amides is 1. The molecular weight excluding hydrogens is 240 g/mol. The van der Waals surface area contributed by atoms with E-state index >= 15 is 0 Å². The van der Waals surface area contributed by atoms with Gasteiger partial charge in [0, 0.05) is 12.3 Å². The fraction of sp³-hybridized carbons (Fsp3) is 0. The number of pyridine rings is 1. The second kappa shape index (κ2) is 5.32. The number of rotatable bonds is 3. The molecule has 0 atom stereocenters. The summed E-state index contributed by atoms with van der Waals surface area (Å²) in [5.74, 6) is 0.781. The fourth-order valence-corrected chi connectivity index (χ4v) is 1.27. The van der Waals surface area contributed by atoms with E-state index in [2.05, 4.69) is 10.3 Å². The summed E-state index contributed by atoms with van der Waals surface area (Å²) in [4.78, 5) is 15.4. The van der Waals surface area contributed by atoms with E-state index in [1.807, 2.05) is 0 Å². The van der Waals surface area contributed by atoms with Gasteiger partial charge in [0.1, 0.15) is 11.6 Å². The molecule has 0 aliphatic carbocycles. The van der Waals surface area contributed by atoms with Crippen LogP contribution in [0.3, 0.4) is 0 Å². The van der Waals surface area contributed by atoms with Crippen molar-refractivity contribution in [2.45, 2.75) is 0 Å². The number of carbonyl (C=O) groups is 1. The van der Waals surface area contributed by atoms with Gasteiger partial charge in [-0.1, -0.05) is 11.6 Å². The Morgan fingerprint density at radius 3 is 2.94 bits per heavy atom. The minimum absolute atomic E-state index is 0.281. The summed E-state index contributed by atoms with van der Waals surface area (Å²) < 4.78 is 5.05. The van der Waals surface area contributed by atoms with Crippen molar-refractivity contribution in [2.24, 2.45) is 0 Å². The van der Waals surface area contributed by atoms with Crippen LogP contribution in [0.2, 0.25) is 5.02 Å². The molecule has 2 aromatic heterocycles. The van der Waals surface area contributed by atoms with Gasteiger partial charge in [-0.3, -0.25) is 4.79 Å². The summed E-state index contributed by atoms with van der Waals surface area (Å²) in [5.41, 5.74) is 0. The molecule has 0 spiro atoms. The van der Waals surface area contributed by atoms with Crippen LogP contribution in [-0.2, 0) is 4.79 Å². The normalized spacial score (nSPS) is 10.6. The predicted octanol–water partition coefficient (Wildman–Crippen LogP) is 2.98. The van der Waals surface area contributed by atoms with Gasteiger partial charge in [0.2, 0.25) is 5.91 Å². The molecule has 86 valence electrons. The van der Waals surface area contributed by atoms with Crippen LogP contribution in [0, 0.1) is 0 Å². The summed E-state index contributed by atoms with van der Waals surface area (Å²) in [5, 5.41) is 3.12. The van der Waals surface area contributed by atoms with Crippen molar-refractivity contribution in [3.05, 3.63) is 53.6 Å². The SMILES string of the molecule is O=C(/C=C/c1ccco1)Nc1ccc(Cl)cn1. The van der Waals surface area contributed by atoms with E-state index in [0.717, 1.165) is 0 Å². The number of carbonyl (C=O) groups excluding carboxylic acids is 1. The van der Waals surface area contributed by atoms with E-state index < -0.39 is 0 Å². The maximum atomic E-state index is 11.5. The minimum atomic E-state index is -0.281. The molecule has 4 nitrogen and oxygen atoms in total. The largest absolute Gasteiger partial charge is 0.465 e. The fourth-order valence-electron chi connectivity index (χ4n) is 1.16. The first-order chi connectivity index (χ1) is 8.24. The summed E-state index contributed by atoms with van der Waals surface area (Å²) >= 11 is 5.68. The average Bonchev–Trinajstić information content (AvgIpc) is 2.83. The molecule has 0 unspecified atom stereocenters. The molecule has 0 radical (unpaired) electrons. The van der Waals surface area contributed by atoms with Crippen molar-refractivity contribution in [1.82, 2.24) is 4.98 Å². The van der Waals surface area contributed by atoms with Crippen LogP contribution in [0.25, 0.3) is 6.08 Å². The van der Waals surface area contributed by atoms with Crippen molar-refractivity contribution in [1.29, 1.82) is 0 Å². The smallest absolute Gasteiger partial charge is 0.249 e. The molecule has 0 aliphatic rings. The van der Waals surface area contributed by atoms with Crippen molar-refractivity contribution >= 4 is 29.4 Å². The van der Waals surface area contributed by atoms with Gasteiger partial charge in [0.15, 0.2) is 0 Å². The Kier molecular flexibility index (Phi) is 3.57. The average molecular weight is 249 g/mol. The first-order valence-electron chi connectivity index (χ1n) is 4.88. The first kappa shape index (κ1) is 11.4. The zero-order valence-corrected chi connectivity index (χ0v) is 9.52. The van der Waals surface area contributed by atoms with Gasteiger partial charge in [-0.2, -0.15) is 0 Å². The topological polar surface area (TPSA) is 55.1 Å². The number of halogens is 1. The van der Waals surface area contributed by atoms with Crippen molar-refractivity contribution in [3.8, 4) is 0 Å². The molecule has 2 aromatic rings. The molecular formula is C12H9ClN2O2. The molecule has 0 aromatic carbocycles. The molecule has 1 N–H and O–H groups in total. The highest BCUT2D eigenvalue weighted by Crippen LogP contribution is 2.09. The van der Waals surface area contributed by atoms with Crippen LogP contribution >= 0.6 is 11.6 Å². The van der Waals surface area contributed by atoms with Crippen molar-refractivity contribution in [2.75, 3.05) is 5.32 Å². The third kappa shape index (κ3) is 3.46. The minimum Gasteiger partial charge on any atom is -0.465 e. The van der Waals surface area contributed by atoms with Gasteiger partial charge in [0.25, 0.3) is 0 Å². The van der Waals surface area contributed by atoms with E-state index in [4.69, 9.17) is 16.0 Å². The molecule has 0 aliphatic heterocycles. The van der Waals surface area contributed by atoms with Gasteiger partial charge in [0.05, 0.1) is 11.3 Å². The summed E-state index contributed by atoms with van der Waals surface area (Å²) in [6, 6.07) is 6.78. The zero-order chi connectivity index (χ0) is 12.1. The lowest BCUT2D eigenvalue weighted by Crippen LogP contribution is -2.08. The molecule has 17 heavy (non-hydrogen) atoms. The molecule has 5 heteroatoms. The molecule has 0 bridgehead atoms. The second-order valence-electron chi connectivity index (χ2n) is 3.20.